The molecule has 0 saturated heterocycles. The Morgan fingerprint density at radius 3 is 2.73 bits per heavy atom. The molecule has 2 nitrogen and oxygen atoms in total. The summed E-state index contributed by atoms with van der Waals surface area (Å²) in [6.07, 6.45) is 2.49. The van der Waals surface area contributed by atoms with Gasteiger partial charge in [-0.05, 0) is 25.5 Å². The fourth-order valence-electron chi connectivity index (χ4n) is 1.93. The molecule has 0 spiro atoms. The van der Waals surface area contributed by atoms with E-state index >= 15 is 0 Å². The smallest absolute Gasteiger partial charge is 0.129 e. The summed E-state index contributed by atoms with van der Waals surface area (Å²) in [5.74, 6) is 1.64. The van der Waals surface area contributed by atoms with E-state index in [-0.39, 0.29) is 0 Å². The van der Waals surface area contributed by atoms with Crippen LogP contribution < -0.4 is 10.1 Å². The highest BCUT2D eigenvalue weighted by atomic mass is 32.1. The summed E-state index contributed by atoms with van der Waals surface area (Å²) in [6.45, 7) is 4.54. The van der Waals surface area contributed by atoms with E-state index in [1.54, 1.807) is 18.4 Å². The minimum Gasteiger partial charge on any atom is -0.496 e. The molecule has 86 valence electrons. The van der Waals surface area contributed by atoms with Gasteiger partial charge in [-0.2, -0.15) is 0 Å². The lowest BCUT2D eigenvalue weighted by molar-refractivity contribution is 0.385. The van der Waals surface area contributed by atoms with Crippen molar-refractivity contribution in [2.24, 2.45) is 5.92 Å². The van der Waals surface area contributed by atoms with Gasteiger partial charge in [-0.1, -0.05) is 20.3 Å². The fourth-order valence-corrected chi connectivity index (χ4v) is 3.03. The van der Waals surface area contributed by atoms with Crippen LogP contribution in [0.25, 0.3) is 0 Å². The monoisotopic (exact) mass is 227 g/mol. The number of rotatable bonds is 6. The van der Waals surface area contributed by atoms with Gasteiger partial charge in [-0.25, -0.2) is 0 Å². The van der Waals surface area contributed by atoms with Gasteiger partial charge in [0.1, 0.15) is 5.75 Å². The summed E-state index contributed by atoms with van der Waals surface area (Å²) >= 11 is 1.77. The number of ether oxygens (including phenoxy) is 1. The van der Waals surface area contributed by atoms with Gasteiger partial charge in [0.2, 0.25) is 0 Å². The summed E-state index contributed by atoms with van der Waals surface area (Å²) in [5, 5.41) is 5.46. The molecule has 0 aliphatic heterocycles. The fraction of sp³-hybridized carbons (Fsp3) is 0.667. The van der Waals surface area contributed by atoms with E-state index in [9.17, 15) is 0 Å². The number of nitrogens with one attached hydrogen (secondary N) is 1. The van der Waals surface area contributed by atoms with E-state index in [1.165, 1.54) is 17.7 Å². The van der Waals surface area contributed by atoms with Gasteiger partial charge < -0.3 is 10.1 Å². The van der Waals surface area contributed by atoms with Gasteiger partial charge >= 0.3 is 0 Å². The summed E-state index contributed by atoms with van der Waals surface area (Å²) in [4.78, 5) is 1.37. The van der Waals surface area contributed by atoms with E-state index in [1.807, 2.05) is 7.05 Å². The zero-order valence-corrected chi connectivity index (χ0v) is 10.9. The second kappa shape index (κ2) is 6.13. The largest absolute Gasteiger partial charge is 0.496 e. The van der Waals surface area contributed by atoms with Gasteiger partial charge in [-0.3, -0.25) is 0 Å². The van der Waals surface area contributed by atoms with Crippen LogP contribution in [0.5, 0.6) is 5.75 Å². The van der Waals surface area contributed by atoms with Gasteiger partial charge in [0.05, 0.1) is 7.11 Å². The maximum Gasteiger partial charge on any atom is 0.129 e. The van der Waals surface area contributed by atoms with Crippen LogP contribution in [-0.2, 0) is 0 Å². The van der Waals surface area contributed by atoms with Crippen molar-refractivity contribution < 1.29 is 4.74 Å². The lowest BCUT2D eigenvalue weighted by Crippen LogP contribution is -2.22. The van der Waals surface area contributed by atoms with Crippen LogP contribution in [0.1, 0.15) is 37.6 Å². The molecule has 1 N–H and O–H groups in total. The second-order valence-electron chi connectivity index (χ2n) is 3.92. The molecule has 0 radical (unpaired) electrons. The van der Waals surface area contributed by atoms with Crippen LogP contribution in [0.2, 0.25) is 0 Å². The number of methoxy groups -OCH3 is 1. The van der Waals surface area contributed by atoms with E-state index < -0.39 is 0 Å². The Labute approximate surface area is 96.7 Å². The molecule has 2 unspecified atom stereocenters. The van der Waals surface area contributed by atoms with Crippen molar-refractivity contribution in [1.29, 1.82) is 0 Å². The van der Waals surface area contributed by atoms with Crippen LogP contribution in [0, 0.1) is 5.92 Å². The Balaban J connectivity index is 2.72. The Hall–Kier alpha value is -0.540. The van der Waals surface area contributed by atoms with Crippen LogP contribution >= 0.6 is 11.3 Å². The Morgan fingerprint density at radius 2 is 2.27 bits per heavy atom. The lowest BCUT2D eigenvalue weighted by Gasteiger charge is -2.21. The number of hydrogen-bond donors (Lipinski definition) is 1. The first-order valence-corrected chi connectivity index (χ1v) is 6.40. The standard InChI is InChI=1S/C12H21NOS/c1-5-6-9(2)12(13-3)11-7-10(14-4)8-15-11/h7-9,12-13H,5-6H2,1-4H3. The zero-order valence-electron chi connectivity index (χ0n) is 10.0. The molecule has 0 saturated carbocycles. The van der Waals surface area contributed by atoms with Crippen molar-refractivity contribution in [1.82, 2.24) is 5.32 Å². The molecule has 1 heterocycles. The van der Waals surface area contributed by atoms with Gasteiger partial charge in [0, 0.05) is 16.3 Å². The topological polar surface area (TPSA) is 21.3 Å². The SMILES string of the molecule is CCCC(C)C(NC)c1cc(OC)cs1. The third-order valence-electron chi connectivity index (χ3n) is 2.76. The zero-order chi connectivity index (χ0) is 11.3. The summed E-state index contributed by atoms with van der Waals surface area (Å²) in [5.41, 5.74) is 0. The number of thiophene rings is 1. The highest BCUT2D eigenvalue weighted by Gasteiger charge is 2.18. The van der Waals surface area contributed by atoms with Crippen molar-refractivity contribution in [2.75, 3.05) is 14.2 Å². The first-order chi connectivity index (χ1) is 7.22. The molecule has 0 amide bonds. The lowest BCUT2D eigenvalue weighted by atomic mass is 9.96. The molecule has 0 aliphatic rings. The molecule has 1 aromatic rings. The van der Waals surface area contributed by atoms with Gasteiger partial charge in [0.25, 0.3) is 0 Å². The van der Waals surface area contributed by atoms with Crippen molar-refractivity contribution in [3.05, 3.63) is 16.3 Å². The third-order valence-corrected chi connectivity index (χ3v) is 3.76. The first-order valence-electron chi connectivity index (χ1n) is 5.52. The predicted octanol–water partition coefficient (Wildman–Crippen LogP) is 3.45. The highest BCUT2D eigenvalue weighted by Crippen LogP contribution is 2.32. The van der Waals surface area contributed by atoms with Crippen molar-refractivity contribution in [3.63, 3.8) is 0 Å². The molecule has 15 heavy (non-hydrogen) atoms. The molecular weight excluding hydrogens is 206 g/mol. The van der Waals surface area contributed by atoms with E-state index in [4.69, 9.17) is 4.74 Å². The van der Waals surface area contributed by atoms with E-state index in [0.29, 0.717) is 12.0 Å². The van der Waals surface area contributed by atoms with Crippen LogP contribution in [0.4, 0.5) is 0 Å². The molecule has 0 bridgehead atoms. The average molecular weight is 227 g/mol. The quantitative estimate of drug-likeness (QED) is 0.803. The molecular formula is C12H21NOS. The first kappa shape index (κ1) is 12.5. The van der Waals surface area contributed by atoms with Crippen LogP contribution in [0.3, 0.4) is 0 Å². The maximum atomic E-state index is 5.21. The van der Waals surface area contributed by atoms with Crippen LogP contribution in [-0.4, -0.2) is 14.2 Å². The van der Waals surface area contributed by atoms with Gasteiger partial charge in [-0.15, -0.1) is 11.3 Å². The summed E-state index contributed by atoms with van der Waals surface area (Å²) < 4.78 is 5.21. The second-order valence-corrected chi connectivity index (χ2v) is 4.86. The van der Waals surface area contributed by atoms with Crippen molar-refractivity contribution in [3.8, 4) is 5.75 Å². The average Bonchev–Trinajstić information content (AvgIpc) is 2.68. The van der Waals surface area contributed by atoms with E-state index in [0.717, 1.165) is 5.75 Å². The van der Waals surface area contributed by atoms with Crippen molar-refractivity contribution in [2.45, 2.75) is 32.7 Å². The minimum absolute atomic E-state index is 0.457. The molecule has 1 aromatic heterocycles. The molecule has 2 atom stereocenters. The van der Waals surface area contributed by atoms with Gasteiger partial charge in [0.15, 0.2) is 0 Å². The maximum absolute atomic E-state index is 5.21. The minimum atomic E-state index is 0.457. The Kier molecular flexibility index (Phi) is 5.12. The normalized spacial score (nSPS) is 14.9. The van der Waals surface area contributed by atoms with Crippen molar-refractivity contribution >= 4 is 11.3 Å². The Morgan fingerprint density at radius 1 is 1.53 bits per heavy atom. The number of hydrogen-bond acceptors (Lipinski definition) is 3. The molecule has 0 fully saturated rings. The van der Waals surface area contributed by atoms with E-state index in [2.05, 4.69) is 30.6 Å². The predicted molar refractivity (Wildman–Crippen MR) is 66.7 cm³/mol. The van der Waals surface area contributed by atoms with Crippen LogP contribution in [0.15, 0.2) is 11.4 Å². The highest BCUT2D eigenvalue weighted by molar-refractivity contribution is 7.10. The molecule has 1 rings (SSSR count). The molecule has 0 aliphatic carbocycles. The third kappa shape index (κ3) is 3.21. The molecule has 3 heteroatoms. The molecule has 0 aromatic carbocycles. The summed E-state index contributed by atoms with van der Waals surface area (Å²) in [6, 6.07) is 2.59. The Bertz CT molecular complexity index is 285. The summed E-state index contributed by atoms with van der Waals surface area (Å²) in [7, 11) is 3.75.